The number of nitrogens with one attached hydrogen (secondary N) is 1. The van der Waals surface area contributed by atoms with Crippen LogP contribution in [0.4, 0.5) is 21.5 Å². The highest BCUT2D eigenvalue weighted by Crippen LogP contribution is 2.34. The standard InChI is InChI=1S/C14H11BrClFN2O2/c1-21-14(20)9-5-8(18)6-11(16)13(9)19-12-4-7(17)2-3-10(12)15/h2-6,19H,18H2,1H3. The highest BCUT2D eigenvalue weighted by Gasteiger charge is 2.17. The second-order valence-corrected chi connectivity index (χ2v) is 5.43. The molecule has 0 spiro atoms. The van der Waals surface area contributed by atoms with Crippen molar-refractivity contribution in [2.75, 3.05) is 18.2 Å². The topological polar surface area (TPSA) is 64.3 Å². The van der Waals surface area contributed by atoms with Gasteiger partial charge in [0.1, 0.15) is 5.82 Å². The van der Waals surface area contributed by atoms with Gasteiger partial charge in [-0.2, -0.15) is 0 Å². The molecule has 2 aromatic carbocycles. The Balaban J connectivity index is 2.53. The van der Waals surface area contributed by atoms with Gasteiger partial charge in [-0.25, -0.2) is 9.18 Å². The summed E-state index contributed by atoms with van der Waals surface area (Å²) in [7, 11) is 1.25. The molecule has 2 aromatic rings. The molecule has 0 unspecified atom stereocenters. The van der Waals surface area contributed by atoms with Crippen LogP contribution >= 0.6 is 27.5 Å². The van der Waals surface area contributed by atoms with Gasteiger partial charge in [0.25, 0.3) is 0 Å². The molecule has 0 aliphatic carbocycles. The molecule has 7 heteroatoms. The monoisotopic (exact) mass is 372 g/mol. The fourth-order valence-corrected chi connectivity index (χ4v) is 2.37. The summed E-state index contributed by atoms with van der Waals surface area (Å²) in [6, 6.07) is 7.05. The third-order valence-corrected chi connectivity index (χ3v) is 3.70. The van der Waals surface area contributed by atoms with E-state index in [-0.39, 0.29) is 10.6 Å². The maximum Gasteiger partial charge on any atom is 0.340 e. The van der Waals surface area contributed by atoms with E-state index in [1.165, 1.54) is 31.4 Å². The first-order chi connectivity index (χ1) is 9.92. The minimum absolute atomic E-state index is 0.165. The van der Waals surface area contributed by atoms with E-state index in [1.807, 2.05) is 0 Å². The molecule has 21 heavy (non-hydrogen) atoms. The van der Waals surface area contributed by atoms with Crippen LogP contribution in [0.25, 0.3) is 0 Å². The van der Waals surface area contributed by atoms with E-state index < -0.39 is 11.8 Å². The fourth-order valence-electron chi connectivity index (χ4n) is 1.75. The van der Waals surface area contributed by atoms with Crippen molar-refractivity contribution in [3.05, 3.63) is 51.2 Å². The van der Waals surface area contributed by atoms with Gasteiger partial charge in [-0.3, -0.25) is 0 Å². The third kappa shape index (κ3) is 3.46. The largest absolute Gasteiger partial charge is 0.465 e. The lowest BCUT2D eigenvalue weighted by atomic mass is 10.1. The number of carbonyl (C=O) groups is 1. The molecular formula is C14H11BrClFN2O2. The first-order valence-electron chi connectivity index (χ1n) is 5.81. The normalized spacial score (nSPS) is 10.3. The van der Waals surface area contributed by atoms with Gasteiger partial charge < -0.3 is 15.8 Å². The smallest absolute Gasteiger partial charge is 0.340 e. The predicted octanol–water partition coefficient (Wildman–Crippen LogP) is 4.35. The van der Waals surface area contributed by atoms with Crippen LogP contribution in [-0.4, -0.2) is 13.1 Å². The van der Waals surface area contributed by atoms with Crippen LogP contribution < -0.4 is 11.1 Å². The summed E-state index contributed by atoms with van der Waals surface area (Å²) in [6.45, 7) is 0. The van der Waals surface area contributed by atoms with E-state index in [0.717, 1.165) is 0 Å². The third-order valence-electron chi connectivity index (χ3n) is 2.71. The average molecular weight is 374 g/mol. The van der Waals surface area contributed by atoms with Crippen molar-refractivity contribution in [1.29, 1.82) is 0 Å². The number of nitrogen functional groups attached to an aromatic ring is 1. The molecule has 0 amide bonds. The zero-order valence-corrected chi connectivity index (χ0v) is 13.3. The van der Waals surface area contributed by atoms with Crippen molar-refractivity contribution >= 4 is 50.6 Å². The second kappa shape index (κ2) is 6.32. The molecule has 0 aromatic heterocycles. The van der Waals surface area contributed by atoms with E-state index in [2.05, 4.69) is 21.2 Å². The van der Waals surface area contributed by atoms with Crippen molar-refractivity contribution < 1.29 is 13.9 Å². The Morgan fingerprint density at radius 3 is 2.76 bits per heavy atom. The average Bonchev–Trinajstić information content (AvgIpc) is 2.44. The Bertz CT molecular complexity index is 710. The molecule has 110 valence electrons. The quantitative estimate of drug-likeness (QED) is 0.620. The highest BCUT2D eigenvalue weighted by molar-refractivity contribution is 9.10. The Kier molecular flexibility index (Phi) is 4.69. The summed E-state index contributed by atoms with van der Waals surface area (Å²) in [5, 5.41) is 3.15. The summed E-state index contributed by atoms with van der Waals surface area (Å²) < 4.78 is 18.7. The Hall–Kier alpha value is -1.79. The van der Waals surface area contributed by atoms with Crippen molar-refractivity contribution in [3.8, 4) is 0 Å². The van der Waals surface area contributed by atoms with Gasteiger partial charge in [-0.15, -0.1) is 0 Å². The Labute approximate surface area is 134 Å². The molecule has 0 radical (unpaired) electrons. The molecule has 0 atom stereocenters. The van der Waals surface area contributed by atoms with Crippen molar-refractivity contribution in [3.63, 3.8) is 0 Å². The zero-order valence-electron chi connectivity index (χ0n) is 10.9. The lowest BCUT2D eigenvalue weighted by Gasteiger charge is -2.14. The highest BCUT2D eigenvalue weighted by atomic mass is 79.9. The van der Waals surface area contributed by atoms with Gasteiger partial charge >= 0.3 is 5.97 Å². The molecule has 0 saturated carbocycles. The molecule has 0 fully saturated rings. The van der Waals surface area contributed by atoms with Crippen LogP contribution in [0.5, 0.6) is 0 Å². The number of anilines is 3. The van der Waals surface area contributed by atoms with Crippen LogP contribution in [0, 0.1) is 5.82 Å². The van der Waals surface area contributed by atoms with E-state index >= 15 is 0 Å². The minimum atomic E-state index is -0.598. The van der Waals surface area contributed by atoms with Gasteiger partial charge in [0, 0.05) is 10.2 Å². The SMILES string of the molecule is COC(=O)c1cc(N)cc(Cl)c1Nc1cc(F)ccc1Br. The van der Waals surface area contributed by atoms with Crippen molar-refractivity contribution in [2.45, 2.75) is 0 Å². The Morgan fingerprint density at radius 1 is 1.38 bits per heavy atom. The first-order valence-corrected chi connectivity index (χ1v) is 6.99. The number of carbonyl (C=O) groups excluding carboxylic acids is 1. The lowest BCUT2D eigenvalue weighted by Crippen LogP contribution is -2.07. The van der Waals surface area contributed by atoms with E-state index in [4.69, 9.17) is 22.1 Å². The maximum absolute atomic E-state index is 13.3. The number of hydrogen-bond acceptors (Lipinski definition) is 4. The van der Waals surface area contributed by atoms with Crippen LogP contribution in [0.2, 0.25) is 5.02 Å². The molecule has 4 nitrogen and oxygen atoms in total. The Morgan fingerprint density at radius 2 is 2.10 bits per heavy atom. The predicted molar refractivity (Wildman–Crippen MR) is 84.6 cm³/mol. The fraction of sp³-hybridized carbons (Fsp3) is 0.0714. The second-order valence-electron chi connectivity index (χ2n) is 4.17. The van der Waals surface area contributed by atoms with Gasteiger partial charge in [0.05, 0.1) is 29.1 Å². The number of hydrogen-bond donors (Lipinski definition) is 2. The maximum atomic E-state index is 13.3. The van der Waals surface area contributed by atoms with E-state index in [9.17, 15) is 9.18 Å². The molecule has 3 N–H and O–H groups in total. The number of methoxy groups -OCH3 is 1. The number of rotatable bonds is 3. The number of benzene rings is 2. The van der Waals surface area contributed by atoms with Crippen molar-refractivity contribution in [2.24, 2.45) is 0 Å². The molecule has 0 heterocycles. The van der Waals surface area contributed by atoms with Gasteiger partial charge in [0.2, 0.25) is 0 Å². The van der Waals surface area contributed by atoms with Crippen LogP contribution in [0.1, 0.15) is 10.4 Å². The minimum Gasteiger partial charge on any atom is -0.465 e. The molecular weight excluding hydrogens is 363 g/mol. The summed E-state index contributed by atoms with van der Waals surface area (Å²) in [5.41, 5.74) is 6.89. The van der Waals surface area contributed by atoms with Crippen molar-refractivity contribution in [1.82, 2.24) is 0 Å². The van der Waals surface area contributed by atoms with Gasteiger partial charge in [-0.05, 0) is 46.3 Å². The molecule has 2 rings (SSSR count). The molecule has 0 aliphatic rings. The number of ether oxygens (including phenoxy) is 1. The summed E-state index contributed by atoms with van der Waals surface area (Å²) >= 11 is 9.41. The zero-order chi connectivity index (χ0) is 15.6. The van der Waals surface area contributed by atoms with Gasteiger partial charge in [-0.1, -0.05) is 11.6 Å². The summed E-state index contributed by atoms with van der Waals surface area (Å²) in [4.78, 5) is 11.8. The van der Waals surface area contributed by atoms with Crippen LogP contribution in [-0.2, 0) is 4.74 Å². The molecule has 0 bridgehead atoms. The van der Waals surface area contributed by atoms with Crippen LogP contribution in [0.3, 0.4) is 0 Å². The van der Waals surface area contributed by atoms with Gasteiger partial charge in [0.15, 0.2) is 0 Å². The molecule has 0 saturated heterocycles. The van der Waals surface area contributed by atoms with E-state index in [1.54, 1.807) is 6.07 Å². The van der Waals surface area contributed by atoms with Crippen LogP contribution in [0.15, 0.2) is 34.8 Å². The number of esters is 1. The van der Waals surface area contributed by atoms with E-state index in [0.29, 0.717) is 21.5 Å². The summed E-state index contributed by atoms with van der Waals surface area (Å²) in [5.74, 6) is -1.02. The lowest BCUT2D eigenvalue weighted by molar-refractivity contribution is 0.0602. The molecule has 0 aliphatic heterocycles. The number of halogens is 3. The summed E-state index contributed by atoms with van der Waals surface area (Å²) in [6.07, 6.45) is 0. The number of nitrogens with two attached hydrogens (primary N) is 1. The first kappa shape index (κ1) is 15.6.